The Bertz CT molecular complexity index is 201. The van der Waals surface area contributed by atoms with Crippen molar-refractivity contribution in [1.82, 2.24) is 0 Å². The van der Waals surface area contributed by atoms with E-state index in [1.54, 1.807) is 24.3 Å². The average molecular weight is 147 g/mol. The first-order chi connectivity index (χ1) is 4.34. The van der Waals surface area contributed by atoms with Gasteiger partial charge in [-0.15, -0.1) is 0 Å². The summed E-state index contributed by atoms with van der Waals surface area (Å²) in [5.41, 5.74) is 0.567. The van der Waals surface area contributed by atoms with E-state index in [0.717, 1.165) is 0 Å². The molecule has 1 aromatic rings. The Morgan fingerprint density at radius 3 is 2.20 bits per heavy atom. The monoisotopic (exact) mass is 147 g/mol. The molecule has 0 fully saturated rings. The third-order valence-corrected chi connectivity index (χ3v) is 1.16. The van der Waals surface area contributed by atoms with Crippen LogP contribution in [0, 0.1) is 0 Å². The molecule has 0 aliphatic heterocycles. The van der Waals surface area contributed by atoms with Crippen molar-refractivity contribution < 1.29 is 10.2 Å². The van der Waals surface area contributed by atoms with Crippen molar-refractivity contribution in [2.75, 3.05) is 0 Å². The topological polar surface area (TPSA) is 40.5 Å². The van der Waals surface area contributed by atoms with Gasteiger partial charge in [0.05, 0.1) is 6.61 Å². The van der Waals surface area contributed by atoms with Gasteiger partial charge in [-0.2, -0.15) is 0 Å². The van der Waals surface area contributed by atoms with Gasteiger partial charge in [-0.05, 0) is 6.07 Å². The first-order valence-electron chi connectivity index (χ1n) is 2.72. The first-order valence-corrected chi connectivity index (χ1v) is 2.72. The zero-order chi connectivity index (χ0) is 6.69. The van der Waals surface area contributed by atoms with Crippen molar-refractivity contribution in [2.24, 2.45) is 0 Å². The van der Waals surface area contributed by atoms with Gasteiger partial charge in [0.1, 0.15) is 5.75 Å². The summed E-state index contributed by atoms with van der Waals surface area (Å²) in [5, 5.41) is 17.5. The van der Waals surface area contributed by atoms with Crippen LogP contribution in [0.5, 0.6) is 5.75 Å². The van der Waals surface area contributed by atoms with E-state index in [4.69, 9.17) is 10.2 Å². The van der Waals surface area contributed by atoms with Crippen molar-refractivity contribution in [2.45, 2.75) is 6.61 Å². The first kappa shape index (κ1) is 9.98. The number of aromatic hydroxyl groups is 1. The number of rotatable bonds is 1. The van der Waals surface area contributed by atoms with Crippen LogP contribution in [0.2, 0.25) is 0 Å². The molecule has 10 heavy (non-hydrogen) atoms. The predicted octanol–water partition coefficient (Wildman–Crippen LogP) is 0.504. The average Bonchev–Trinajstić information content (AvgIpc) is 1.89. The van der Waals surface area contributed by atoms with Gasteiger partial charge in [-0.3, -0.25) is 0 Å². The van der Waals surface area contributed by atoms with Gasteiger partial charge in [-0.1, -0.05) is 18.2 Å². The fourth-order valence-corrected chi connectivity index (χ4v) is 0.645. The van der Waals surface area contributed by atoms with Gasteiger partial charge >= 0.3 is 0 Å². The second kappa shape index (κ2) is 4.74. The molecular formula is C7H8NaO2. The minimum atomic E-state index is -0.104. The maximum Gasteiger partial charge on any atom is 0.121 e. The molecule has 1 radical (unpaired) electrons. The number of aliphatic hydroxyl groups excluding tert-OH is 1. The van der Waals surface area contributed by atoms with E-state index >= 15 is 0 Å². The van der Waals surface area contributed by atoms with Crippen LogP contribution in [-0.4, -0.2) is 39.8 Å². The van der Waals surface area contributed by atoms with E-state index in [1.165, 1.54) is 0 Å². The van der Waals surface area contributed by atoms with Gasteiger partial charge in [-0.25, -0.2) is 0 Å². The summed E-state index contributed by atoms with van der Waals surface area (Å²) in [6, 6.07) is 6.71. The summed E-state index contributed by atoms with van der Waals surface area (Å²) >= 11 is 0. The Hall–Kier alpha value is -0.0200. The minimum absolute atomic E-state index is 0. The van der Waals surface area contributed by atoms with Gasteiger partial charge < -0.3 is 10.2 Å². The van der Waals surface area contributed by atoms with Crippen molar-refractivity contribution in [3.63, 3.8) is 0 Å². The molecule has 0 aliphatic carbocycles. The van der Waals surface area contributed by atoms with Crippen LogP contribution in [0.4, 0.5) is 0 Å². The fourth-order valence-electron chi connectivity index (χ4n) is 0.645. The van der Waals surface area contributed by atoms with E-state index < -0.39 is 0 Å². The zero-order valence-corrected chi connectivity index (χ0v) is 7.91. The van der Waals surface area contributed by atoms with E-state index in [9.17, 15) is 0 Å². The molecule has 0 aliphatic rings. The molecule has 2 nitrogen and oxygen atoms in total. The Kier molecular flexibility index (Phi) is 4.73. The summed E-state index contributed by atoms with van der Waals surface area (Å²) in [7, 11) is 0. The van der Waals surface area contributed by atoms with E-state index in [2.05, 4.69) is 0 Å². The molecule has 1 rings (SSSR count). The number of benzene rings is 1. The third-order valence-electron chi connectivity index (χ3n) is 1.16. The van der Waals surface area contributed by atoms with Crippen LogP contribution in [-0.2, 0) is 6.61 Å². The Balaban J connectivity index is 0.000000810. The molecule has 0 spiro atoms. The molecule has 0 bridgehead atoms. The second-order valence-electron chi connectivity index (χ2n) is 1.79. The largest absolute Gasteiger partial charge is 0.508 e. The molecule has 1 aromatic carbocycles. The molecule has 0 saturated heterocycles. The number of aliphatic hydroxyl groups is 1. The maximum absolute atomic E-state index is 8.95. The van der Waals surface area contributed by atoms with E-state index in [-0.39, 0.29) is 41.9 Å². The zero-order valence-electron chi connectivity index (χ0n) is 5.91. The van der Waals surface area contributed by atoms with Crippen LogP contribution in [0.3, 0.4) is 0 Å². The van der Waals surface area contributed by atoms with Crippen LogP contribution < -0.4 is 0 Å². The molecule has 49 valence electrons. The van der Waals surface area contributed by atoms with Crippen LogP contribution >= 0.6 is 0 Å². The molecule has 0 amide bonds. The van der Waals surface area contributed by atoms with Crippen molar-refractivity contribution in [3.8, 4) is 5.75 Å². The Morgan fingerprint density at radius 2 is 1.80 bits per heavy atom. The Labute approximate surface area is 81.8 Å². The molecule has 3 heteroatoms. The molecule has 0 atom stereocenters. The second-order valence-corrected chi connectivity index (χ2v) is 1.79. The third kappa shape index (κ3) is 2.31. The van der Waals surface area contributed by atoms with E-state index in [1.807, 2.05) is 0 Å². The van der Waals surface area contributed by atoms with Crippen molar-refractivity contribution in [3.05, 3.63) is 29.8 Å². The molecule has 0 heterocycles. The molecule has 2 N–H and O–H groups in total. The summed E-state index contributed by atoms with van der Waals surface area (Å²) in [5.74, 6) is 0.153. The van der Waals surface area contributed by atoms with Gasteiger partial charge in [0.25, 0.3) is 0 Å². The molecular weight excluding hydrogens is 139 g/mol. The number of hydrogen-bond acceptors (Lipinski definition) is 2. The molecule has 0 unspecified atom stereocenters. The van der Waals surface area contributed by atoms with E-state index in [0.29, 0.717) is 5.56 Å². The number of hydrogen-bond donors (Lipinski definition) is 2. The van der Waals surface area contributed by atoms with Gasteiger partial charge in [0, 0.05) is 35.1 Å². The molecule has 0 saturated carbocycles. The van der Waals surface area contributed by atoms with Gasteiger partial charge in [0.15, 0.2) is 0 Å². The summed E-state index contributed by atoms with van der Waals surface area (Å²) in [4.78, 5) is 0. The predicted molar refractivity (Wildman–Crippen MR) is 39.8 cm³/mol. The summed E-state index contributed by atoms with van der Waals surface area (Å²) in [6.07, 6.45) is 0. The SMILES string of the molecule is OCc1ccccc1O.[Na]. The smallest absolute Gasteiger partial charge is 0.121 e. The standard InChI is InChI=1S/C7H8O2.Na/c8-5-6-3-1-2-4-7(6)9;/h1-4,8-9H,5H2;. The normalized spacial score (nSPS) is 8.50. The van der Waals surface area contributed by atoms with Gasteiger partial charge in [0.2, 0.25) is 0 Å². The van der Waals surface area contributed by atoms with Crippen LogP contribution in [0.15, 0.2) is 24.3 Å². The minimum Gasteiger partial charge on any atom is -0.508 e. The van der Waals surface area contributed by atoms with Crippen molar-refractivity contribution in [1.29, 1.82) is 0 Å². The van der Waals surface area contributed by atoms with Crippen LogP contribution in [0.25, 0.3) is 0 Å². The molecule has 0 aromatic heterocycles. The summed E-state index contributed by atoms with van der Waals surface area (Å²) in [6.45, 7) is -0.104. The summed E-state index contributed by atoms with van der Waals surface area (Å²) < 4.78 is 0. The quantitative estimate of drug-likeness (QED) is 0.568. The fraction of sp³-hybridized carbons (Fsp3) is 0.143. The van der Waals surface area contributed by atoms with Crippen molar-refractivity contribution >= 4 is 29.6 Å². The maximum atomic E-state index is 8.95. The number of para-hydroxylation sites is 1. The van der Waals surface area contributed by atoms with Crippen LogP contribution in [0.1, 0.15) is 5.56 Å². The Morgan fingerprint density at radius 1 is 1.20 bits per heavy atom. The number of phenols is 1.